The Bertz CT molecular complexity index is 431. The molecule has 0 saturated carbocycles. The van der Waals surface area contributed by atoms with Crippen LogP contribution in [0.25, 0.3) is 0 Å². The molecule has 1 fully saturated rings. The third kappa shape index (κ3) is 7.14. The van der Waals surface area contributed by atoms with Gasteiger partial charge in [0.1, 0.15) is 12.4 Å². The maximum atomic E-state index is 11.8. The van der Waals surface area contributed by atoms with Crippen LogP contribution in [-0.2, 0) is 4.79 Å². The fraction of sp³-hybridized carbons (Fsp3) is 0.588. The van der Waals surface area contributed by atoms with Crippen LogP contribution in [0.5, 0.6) is 5.75 Å². The van der Waals surface area contributed by atoms with Crippen LogP contribution in [0.2, 0.25) is 0 Å². The molecular weight excluding hydrogens is 300 g/mol. The predicted molar refractivity (Wildman–Crippen MR) is 91.8 cm³/mol. The number of carbonyl (C=O) groups excluding carboxylic acids is 1. The van der Waals surface area contributed by atoms with Gasteiger partial charge in [-0.2, -0.15) is 0 Å². The van der Waals surface area contributed by atoms with Crippen molar-refractivity contribution in [1.29, 1.82) is 0 Å². The second-order valence-electron chi connectivity index (χ2n) is 5.74. The van der Waals surface area contributed by atoms with Crippen LogP contribution >= 0.6 is 12.4 Å². The predicted octanol–water partition coefficient (Wildman–Crippen LogP) is 2.69. The van der Waals surface area contributed by atoms with Gasteiger partial charge in [-0.3, -0.25) is 4.79 Å². The van der Waals surface area contributed by atoms with Gasteiger partial charge in [-0.15, -0.1) is 12.4 Å². The second kappa shape index (κ2) is 10.5. The molecule has 1 aliphatic heterocycles. The Morgan fingerprint density at radius 1 is 1.27 bits per heavy atom. The van der Waals surface area contributed by atoms with E-state index < -0.39 is 0 Å². The summed E-state index contributed by atoms with van der Waals surface area (Å²) in [4.78, 5) is 11.8. The SMILES string of the molecule is Cc1ccc(OCCNC(=O)CCC2CCNCC2)cc1.Cl. The number of benzene rings is 1. The zero-order valence-electron chi connectivity index (χ0n) is 13.3. The van der Waals surface area contributed by atoms with Gasteiger partial charge in [0, 0.05) is 6.42 Å². The van der Waals surface area contributed by atoms with E-state index in [4.69, 9.17) is 4.74 Å². The highest BCUT2D eigenvalue weighted by Crippen LogP contribution is 2.17. The second-order valence-corrected chi connectivity index (χ2v) is 5.74. The molecule has 1 aromatic rings. The van der Waals surface area contributed by atoms with Crippen molar-refractivity contribution in [2.75, 3.05) is 26.2 Å². The minimum absolute atomic E-state index is 0. The quantitative estimate of drug-likeness (QED) is 0.757. The molecule has 0 atom stereocenters. The first-order valence-electron chi connectivity index (χ1n) is 7.91. The fourth-order valence-corrected chi connectivity index (χ4v) is 2.59. The third-order valence-electron chi connectivity index (χ3n) is 3.95. The number of rotatable bonds is 7. The van der Waals surface area contributed by atoms with Crippen molar-refractivity contribution in [3.63, 3.8) is 0 Å². The summed E-state index contributed by atoms with van der Waals surface area (Å²) in [5.74, 6) is 1.70. The molecular formula is C17H27ClN2O2. The highest BCUT2D eigenvalue weighted by atomic mass is 35.5. The molecule has 0 spiro atoms. The summed E-state index contributed by atoms with van der Waals surface area (Å²) >= 11 is 0. The van der Waals surface area contributed by atoms with Crippen LogP contribution in [0.1, 0.15) is 31.2 Å². The summed E-state index contributed by atoms with van der Waals surface area (Å²) in [6, 6.07) is 7.95. The molecule has 0 bridgehead atoms. The van der Waals surface area contributed by atoms with Crippen LogP contribution in [0.15, 0.2) is 24.3 Å². The summed E-state index contributed by atoms with van der Waals surface area (Å²) in [5.41, 5.74) is 1.22. The van der Waals surface area contributed by atoms with E-state index in [0.717, 1.165) is 25.3 Å². The molecule has 124 valence electrons. The van der Waals surface area contributed by atoms with E-state index in [1.807, 2.05) is 31.2 Å². The van der Waals surface area contributed by atoms with Crippen molar-refractivity contribution in [2.45, 2.75) is 32.6 Å². The number of carbonyl (C=O) groups is 1. The Hall–Kier alpha value is -1.26. The van der Waals surface area contributed by atoms with Crippen molar-refractivity contribution in [2.24, 2.45) is 5.92 Å². The van der Waals surface area contributed by atoms with Crippen LogP contribution in [0.3, 0.4) is 0 Å². The number of ether oxygens (including phenoxy) is 1. The van der Waals surface area contributed by atoms with Gasteiger partial charge in [0.15, 0.2) is 0 Å². The highest BCUT2D eigenvalue weighted by molar-refractivity contribution is 5.85. The van der Waals surface area contributed by atoms with Crippen LogP contribution in [0.4, 0.5) is 0 Å². The van der Waals surface area contributed by atoms with Crippen LogP contribution in [0, 0.1) is 12.8 Å². The molecule has 0 aliphatic carbocycles. The molecule has 1 amide bonds. The Balaban J connectivity index is 0.00000242. The summed E-state index contributed by atoms with van der Waals surface area (Å²) in [7, 11) is 0. The normalized spacial score (nSPS) is 15.0. The fourth-order valence-electron chi connectivity index (χ4n) is 2.59. The number of halogens is 1. The molecule has 22 heavy (non-hydrogen) atoms. The Labute approximate surface area is 139 Å². The lowest BCUT2D eigenvalue weighted by atomic mass is 9.93. The number of nitrogens with one attached hydrogen (secondary N) is 2. The Kier molecular flexibility index (Phi) is 8.94. The van der Waals surface area contributed by atoms with E-state index in [2.05, 4.69) is 10.6 Å². The molecule has 0 radical (unpaired) electrons. The summed E-state index contributed by atoms with van der Waals surface area (Å²) in [6.07, 6.45) is 4.04. The van der Waals surface area contributed by atoms with Crippen molar-refractivity contribution >= 4 is 18.3 Å². The third-order valence-corrected chi connectivity index (χ3v) is 3.95. The lowest BCUT2D eigenvalue weighted by Crippen LogP contribution is -2.30. The lowest BCUT2D eigenvalue weighted by molar-refractivity contribution is -0.121. The summed E-state index contributed by atoms with van der Waals surface area (Å²) in [6.45, 7) is 5.32. The number of hydrogen-bond donors (Lipinski definition) is 2. The van der Waals surface area contributed by atoms with E-state index in [0.29, 0.717) is 25.5 Å². The Morgan fingerprint density at radius 3 is 2.64 bits per heavy atom. The number of hydrogen-bond acceptors (Lipinski definition) is 3. The average Bonchev–Trinajstić information content (AvgIpc) is 2.52. The molecule has 2 rings (SSSR count). The van der Waals surface area contributed by atoms with Crippen molar-refractivity contribution < 1.29 is 9.53 Å². The van der Waals surface area contributed by atoms with Crippen molar-refractivity contribution in [1.82, 2.24) is 10.6 Å². The molecule has 1 saturated heterocycles. The van der Waals surface area contributed by atoms with Crippen molar-refractivity contribution in [3.8, 4) is 5.75 Å². The number of aryl methyl sites for hydroxylation is 1. The minimum atomic E-state index is 0. The molecule has 1 aromatic carbocycles. The van der Waals surface area contributed by atoms with Gasteiger partial charge >= 0.3 is 0 Å². The first kappa shape index (κ1) is 18.8. The number of piperidine rings is 1. The van der Waals surface area contributed by atoms with Gasteiger partial charge in [-0.05, 0) is 57.3 Å². The largest absolute Gasteiger partial charge is 0.492 e. The summed E-state index contributed by atoms with van der Waals surface area (Å²) in [5, 5.41) is 6.27. The lowest BCUT2D eigenvalue weighted by Gasteiger charge is -2.22. The van der Waals surface area contributed by atoms with Gasteiger partial charge in [0.25, 0.3) is 0 Å². The maximum absolute atomic E-state index is 11.8. The molecule has 1 heterocycles. The average molecular weight is 327 g/mol. The first-order chi connectivity index (χ1) is 10.2. The molecule has 0 aromatic heterocycles. The molecule has 4 nitrogen and oxygen atoms in total. The van der Waals surface area contributed by atoms with E-state index in [1.165, 1.54) is 18.4 Å². The van der Waals surface area contributed by atoms with Crippen LogP contribution < -0.4 is 15.4 Å². The van der Waals surface area contributed by atoms with Crippen molar-refractivity contribution in [3.05, 3.63) is 29.8 Å². The van der Waals surface area contributed by atoms with E-state index in [1.54, 1.807) is 0 Å². The smallest absolute Gasteiger partial charge is 0.220 e. The zero-order valence-corrected chi connectivity index (χ0v) is 14.1. The van der Waals surface area contributed by atoms with Crippen LogP contribution in [-0.4, -0.2) is 32.1 Å². The van der Waals surface area contributed by atoms with E-state index in [9.17, 15) is 4.79 Å². The minimum Gasteiger partial charge on any atom is -0.492 e. The van der Waals surface area contributed by atoms with Gasteiger partial charge in [0.2, 0.25) is 5.91 Å². The number of amides is 1. The molecule has 0 unspecified atom stereocenters. The topological polar surface area (TPSA) is 50.4 Å². The van der Waals surface area contributed by atoms with Gasteiger partial charge in [-0.25, -0.2) is 0 Å². The van der Waals surface area contributed by atoms with E-state index in [-0.39, 0.29) is 18.3 Å². The standard InChI is InChI=1S/C17H26N2O2.ClH/c1-14-2-5-16(6-3-14)21-13-12-19-17(20)7-4-15-8-10-18-11-9-15;/h2-3,5-6,15,18H,4,7-13H2,1H3,(H,19,20);1H. The van der Waals surface area contributed by atoms with E-state index >= 15 is 0 Å². The summed E-state index contributed by atoms with van der Waals surface area (Å²) < 4.78 is 5.58. The first-order valence-corrected chi connectivity index (χ1v) is 7.91. The highest BCUT2D eigenvalue weighted by Gasteiger charge is 2.14. The monoisotopic (exact) mass is 326 g/mol. The van der Waals surface area contributed by atoms with Gasteiger partial charge in [-0.1, -0.05) is 17.7 Å². The Morgan fingerprint density at radius 2 is 1.95 bits per heavy atom. The van der Waals surface area contributed by atoms with Gasteiger partial charge < -0.3 is 15.4 Å². The van der Waals surface area contributed by atoms with Gasteiger partial charge in [0.05, 0.1) is 6.54 Å². The molecule has 1 aliphatic rings. The zero-order chi connectivity index (χ0) is 14.9. The molecule has 2 N–H and O–H groups in total. The maximum Gasteiger partial charge on any atom is 0.220 e. The molecule has 5 heteroatoms.